The molecule has 0 fully saturated rings. The van der Waals surface area contributed by atoms with Gasteiger partial charge in [-0.2, -0.15) is 11.8 Å². The molecule has 5 rings (SSSR count). The number of ether oxygens (including phenoxy) is 5. The topological polar surface area (TPSA) is 133 Å². The minimum absolute atomic E-state index is 0.130. The predicted octanol–water partition coefficient (Wildman–Crippen LogP) is 4.76. The van der Waals surface area contributed by atoms with Crippen LogP contribution in [0, 0.1) is 0 Å². The van der Waals surface area contributed by atoms with Crippen LogP contribution in [-0.4, -0.2) is 58.0 Å². The Kier molecular flexibility index (Phi) is 9.92. The van der Waals surface area contributed by atoms with Crippen molar-refractivity contribution in [1.29, 1.82) is 0 Å². The van der Waals surface area contributed by atoms with Gasteiger partial charge in [-0.3, -0.25) is 14.4 Å². The Balaban J connectivity index is 1.57. The molecule has 0 bridgehead atoms. The SMILES string of the molecule is COc1cc2c(c(OC)c1OC)-c1ccc(N[C@@H](CCSC)C(=O)Nc3ccc4c(c3)OCO4)c(=O)cc1[C@@H](NC(C)=O)CC2. The van der Waals surface area contributed by atoms with E-state index in [0.717, 1.165) is 11.1 Å². The maximum Gasteiger partial charge on any atom is 0.246 e. The molecule has 1 heterocycles. The van der Waals surface area contributed by atoms with E-state index in [0.29, 0.717) is 70.6 Å². The van der Waals surface area contributed by atoms with E-state index in [4.69, 9.17) is 23.7 Å². The van der Waals surface area contributed by atoms with E-state index in [1.165, 1.54) is 20.1 Å². The summed E-state index contributed by atoms with van der Waals surface area (Å²) in [6.45, 7) is 1.58. The van der Waals surface area contributed by atoms with Gasteiger partial charge in [0.2, 0.25) is 29.8 Å². The number of carbonyl (C=O) groups excluding carboxylic acids is 2. The van der Waals surface area contributed by atoms with Crippen LogP contribution >= 0.6 is 11.8 Å². The smallest absolute Gasteiger partial charge is 0.246 e. The number of hydrogen-bond acceptors (Lipinski definition) is 10. The Labute approximate surface area is 265 Å². The maximum atomic E-state index is 13.8. The summed E-state index contributed by atoms with van der Waals surface area (Å²) >= 11 is 1.60. The van der Waals surface area contributed by atoms with Crippen LogP contribution in [0.1, 0.15) is 36.9 Å². The number of aryl methyl sites for hydroxylation is 1. The number of nitrogens with one attached hydrogen (secondary N) is 3. The molecule has 0 spiro atoms. The van der Waals surface area contributed by atoms with E-state index in [1.54, 1.807) is 50.2 Å². The van der Waals surface area contributed by atoms with Crippen molar-refractivity contribution in [3.8, 4) is 39.9 Å². The van der Waals surface area contributed by atoms with Crippen molar-refractivity contribution in [2.45, 2.75) is 38.3 Å². The molecule has 0 saturated carbocycles. The molecule has 3 aromatic carbocycles. The fourth-order valence-electron chi connectivity index (χ4n) is 5.72. The van der Waals surface area contributed by atoms with Crippen LogP contribution in [0.4, 0.5) is 11.4 Å². The third kappa shape index (κ3) is 6.75. The molecular formula is C33H37N3O8S. The first kappa shape index (κ1) is 31.8. The first-order chi connectivity index (χ1) is 21.8. The van der Waals surface area contributed by atoms with Gasteiger partial charge in [-0.05, 0) is 78.3 Å². The van der Waals surface area contributed by atoms with E-state index < -0.39 is 12.1 Å². The zero-order chi connectivity index (χ0) is 32.1. The molecule has 0 saturated heterocycles. The number of fused-ring (bicyclic) bond motifs is 4. The summed E-state index contributed by atoms with van der Waals surface area (Å²) in [5.41, 5.74) is 3.50. The fourth-order valence-corrected chi connectivity index (χ4v) is 6.19. The van der Waals surface area contributed by atoms with Gasteiger partial charge in [0, 0.05) is 24.2 Å². The Hall–Kier alpha value is -4.58. The third-order valence-corrected chi connectivity index (χ3v) is 8.46. The second kappa shape index (κ2) is 14.0. The second-order valence-electron chi connectivity index (χ2n) is 10.6. The molecule has 45 heavy (non-hydrogen) atoms. The lowest BCUT2D eigenvalue weighted by atomic mass is 9.95. The predicted molar refractivity (Wildman–Crippen MR) is 174 cm³/mol. The van der Waals surface area contributed by atoms with Crippen molar-refractivity contribution >= 4 is 35.0 Å². The Morgan fingerprint density at radius 1 is 1.00 bits per heavy atom. The second-order valence-corrected chi connectivity index (χ2v) is 11.6. The van der Waals surface area contributed by atoms with Gasteiger partial charge in [-0.1, -0.05) is 6.07 Å². The highest BCUT2D eigenvalue weighted by Crippen LogP contribution is 2.50. The van der Waals surface area contributed by atoms with Gasteiger partial charge in [-0.25, -0.2) is 0 Å². The first-order valence-electron chi connectivity index (χ1n) is 14.5. The number of amides is 2. The molecule has 0 unspecified atom stereocenters. The number of anilines is 2. The van der Waals surface area contributed by atoms with E-state index in [1.807, 2.05) is 18.4 Å². The van der Waals surface area contributed by atoms with Gasteiger partial charge in [0.05, 0.1) is 33.1 Å². The first-order valence-corrected chi connectivity index (χ1v) is 15.9. The van der Waals surface area contributed by atoms with E-state index in [9.17, 15) is 14.4 Å². The molecule has 0 radical (unpaired) electrons. The normalized spacial score (nSPS) is 15.1. The summed E-state index contributed by atoms with van der Waals surface area (Å²) in [5, 5.41) is 9.15. The lowest BCUT2D eigenvalue weighted by molar-refractivity contribution is -0.120. The van der Waals surface area contributed by atoms with Crippen LogP contribution in [0.25, 0.3) is 11.1 Å². The van der Waals surface area contributed by atoms with Crippen molar-refractivity contribution in [3.05, 3.63) is 63.8 Å². The molecule has 1 aliphatic carbocycles. The Morgan fingerprint density at radius 2 is 1.78 bits per heavy atom. The summed E-state index contributed by atoms with van der Waals surface area (Å²) in [6, 6.07) is 11.0. The van der Waals surface area contributed by atoms with E-state index in [2.05, 4.69) is 16.0 Å². The van der Waals surface area contributed by atoms with Gasteiger partial charge >= 0.3 is 0 Å². The number of carbonyl (C=O) groups is 2. The van der Waals surface area contributed by atoms with Gasteiger partial charge in [-0.15, -0.1) is 0 Å². The lowest BCUT2D eigenvalue weighted by Gasteiger charge is -2.19. The molecule has 3 aromatic rings. The highest BCUT2D eigenvalue weighted by molar-refractivity contribution is 7.98. The summed E-state index contributed by atoms with van der Waals surface area (Å²) in [4.78, 5) is 39.6. The summed E-state index contributed by atoms with van der Waals surface area (Å²) < 4.78 is 28.0. The quantitative estimate of drug-likeness (QED) is 0.271. The molecule has 1 aliphatic heterocycles. The molecule has 11 nitrogen and oxygen atoms in total. The Bertz CT molecular complexity index is 1660. The van der Waals surface area contributed by atoms with Gasteiger partial charge in [0.15, 0.2) is 23.0 Å². The number of rotatable bonds is 11. The molecule has 238 valence electrons. The van der Waals surface area contributed by atoms with Crippen molar-refractivity contribution < 1.29 is 33.3 Å². The van der Waals surface area contributed by atoms with Gasteiger partial charge < -0.3 is 39.6 Å². The number of hydrogen-bond donors (Lipinski definition) is 3. The van der Waals surface area contributed by atoms with Crippen molar-refractivity contribution in [2.75, 3.05) is 50.8 Å². The largest absolute Gasteiger partial charge is 0.493 e. The number of benzene rings is 2. The van der Waals surface area contributed by atoms with Crippen LogP contribution in [0.2, 0.25) is 0 Å². The molecule has 12 heteroatoms. The van der Waals surface area contributed by atoms with E-state index in [-0.39, 0.29) is 29.7 Å². The number of methoxy groups -OCH3 is 3. The zero-order valence-electron chi connectivity index (χ0n) is 25.9. The van der Waals surface area contributed by atoms with Gasteiger partial charge in [0.1, 0.15) is 6.04 Å². The lowest BCUT2D eigenvalue weighted by Crippen LogP contribution is -2.36. The monoisotopic (exact) mass is 635 g/mol. The molecule has 2 atom stereocenters. The van der Waals surface area contributed by atoms with E-state index >= 15 is 0 Å². The fraction of sp³-hybridized carbons (Fsp3) is 0.364. The highest BCUT2D eigenvalue weighted by atomic mass is 32.2. The minimum atomic E-state index is -0.713. The standard InChI is InChI=1S/C33H37N3O8S/c1-18(37)34-23-9-6-19-14-29(40-2)31(41-3)32(42-4)30(19)21-8-10-24(26(38)16-22(21)23)36-25(12-13-45-5)33(39)35-20-7-11-27-28(15-20)44-17-43-27/h7-8,10-11,14-16,23,25H,6,9,12-13,17H2,1-5H3,(H,34,37)(H,35,39)(H,36,38)/t23-,25-/m0/s1. The minimum Gasteiger partial charge on any atom is -0.493 e. The van der Waals surface area contributed by atoms with Crippen LogP contribution in [0.3, 0.4) is 0 Å². The molecular weight excluding hydrogens is 598 g/mol. The molecule has 2 aliphatic rings. The highest BCUT2D eigenvalue weighted by Gasteiger charge is 2.30. The molecule has 2 amide bonds. The molecule has 0 aromatic heterocycles. The summed E-state index contributed by atoms with van der Waals surface area (Å²) in [5.74, 6) is 2.75. The van der Waals surface area contributed by atoms with Crippen LogP contribution in [0.15, 0.2) is 47.3 Å². The van der Waals surface area contributed by atoms with Crippen LogP contribution < -0.4 is 45.1 Å². The van der Waals surface area contributed by atoms with Crippen molar-refractivity contribution in [2.24, 2.45) is 0 Å². The average molecular weight is 636 g/mol. The van der Waals surface area contributed by atoms with Crippen LogP contribution in [0.5, 0.6) is 28.7 Å². The van der Waals surface area contributed by atoms with Crippen LogP contribution in [-0.2, 0) is 16.0 Å². The Morgan fingerprint density at radius 3 is 2.49 bits per heavy atom. The summed E-state index contributed by atoms with van der Waals surface area (Å²) in [7, 11) is 4.65. The summed E-state index contributed by atoms with van der Waals surface area (Å²) in [6.07, 6.45) is 3.56. The van der Waals surface area contributed by atoms with Gasteiger partial charge in [0.25, 0.3) is 0 Å². The van der Waals surface area contributed by atoms with Crippen molar-refractivity contribution in [1.82, 2.24) is 5.32 Å². The number of thioether (sulfide) groups is 1. The average Bonchev–Trinajstić information content (AvgIpc) is 3.38. The zero-order valence-corrected chi connectivity index (χ0v) is 26.7. The molecule has 3 N–H and O–H groups in total. The van der Waals surface area contributed by atoms with Crippen molar-refractivity contribution in [3.63, 3.8) is 0 Å². The third-order valence-electron chi connectivity index (χ3n) is 7.81. The maximum absolute atomic E-state index is 13.8.